The van der Waals surface area contributed by atoms with Crippen LogP contribution >= 0.6 is 0 Å². The number of pyridine rings is 1. The van der Waals surface area contributed by atoms with Crippen LogP contribution in [0.1, 0.15) is 29.8 Å². The van der Waals surface area contributed by atoms with Crippen molar-refractivity contribution >= 4 is 47.8 Å². The molecule has 5 rings (SSSR count). The van der Waals surface area contributed by atoms with Gasteiger partial charge in [-0.25, -0.2) is 4.98 Å². The molecule has 38 heavy (non-hydrogen) atoms. The van der Waals surface area contributed by atoms with Crippen molar-refractivity contribution in [3.8, 4) is 5.75 Å². The second-order valence-corrected chi connectivity index (χ2v) is 9.76. The van der Waals surface area contributed by atoms with Gasteiger partial charge < -0.3 is 9.64 Å². The van der Waals surface area contributed by atoms with Crippen LogP contribution in [0, 0.1) is 0 Å². The minimum absolute atomic E-state index is 0.0300. The third-order valence-electron chi connectivity index (χ3n) is 7.28. The number of ether oxygens (including phenoxy) is 1. The van der Waals surface area contributed by atoms with Crippen molar-refractivity contribution in [3.63, 3.8) is 0 Å². The lowest BCUT2D eigenvalue weighted by Crippen LogP contribution is -2.48. The number of amides is 3. The number of rotatable bonds is 6. The van der Waals surface area contributed by atoms with Crippen LogP contribution in [0.5, 0.6) is 5.75 Å². The third-order valence-corrected chi connectivity index (χ3v) is 7.28. The highest BCUT2D eigenvalue weighted by Crippen LogP contribution is 2.26. The van der Waals surface area contributed by atoms with Crippen LogP contribution in [-0.4, -0.2) is 78.6 Å². The number of para-hydroxylation sites is 1. The lowest BCUT2D eigenvalue weighted by molar-refractivity contribution is -0.135. The van der Waals surface area contributed by atoms with Gasteiger partial charge in [0.15, 0.2) is 0 Å². The largest absolute Gasteiger partial charge is 0.496 e. The molecule has 1 saturated heterocycles. The van der Waals surface area contributed by atoms with E-state index in [1.165, 1.54) is 0 Å². The Morgan fingerprint density at radius 3 is 2.37 bits per heavy atom. The second kappa shape index (κ2) is 10.3. The third kappa shape index (κ3) is 4.75. The Morgan fingerprint density at radius 2 is 1.68 bits per heavy atom. The molecule has 2 aromatic carbocycles. The summed E-state index contributed by atoms with van der Waals surface area (Å²) < 4.78 is 5.37. The van der Waals surface area contributed by atoms with Gasteiger partial charge in [0.05, 0.1) is 18.2 Å². The molecule has 0 atom stereocenters. The Kier molecular flexibility index (Phi) is 6.90. The summed E-state index contributed by atoms with van der Waals surface area (Å²) in [5.41, 5.74) is 7.26. The van der Waals surface area contributed by atoms with Gasteiger partial charge in [-0.2, -0.15) is 5.01 Å². The quantitative estimate of drug-likeness (QED) is 0.396. The van der Waals surface area contributed by atoms with Gasteiger partial charge in [-0.1, -0.05) is 29.7 Å². The number of carbonyl (C=O) groups excluding carboxylic acids is 3. The van der Waals surface area contributed by atoms with E-state index >= 15 is 0 Å². The fraction of sp³-hybridized carbons (Fsp3) is 0.286. The minimum Gasteiger partial charge on any atom is -0.496 e. The summed E-state index contributed by atoms with van der Waals surface area (Å²) in [5.74, 6) is 0.256. The van der Waals surface area contributed by atoms with Gasteiger partial charge in [0, 0.05) is 49.3 Å². The first-order chi connectivity index (χ1) is 18.3. The van der Waals surface area contributed by atoms with Crippen molar-refractivity contribution in [2.75, 3.05) is 38.7 Å². The molecule has 0 unspecified atom stereocenters. The number of carbonyl (C=O) groups is 3. The van der Waals surface area contributed by atoms with Gasteiger partial charge in [-0.15, -0.1) is 0 Å². The zero-order valence-electron chi connectivity index (χ0n) is 22.1. The summed E-state index contributed by atoms with van der Waals surface area (Å²) in [5, 5.41) is 2.04. The van der Waals surface area contributed by atoms with Gasteiger partial charge >= 0.3 is 0 Å². The molecule has 0 bridgehead atoms. The number of anilines is 1. The molecule has 1 N–H and O–H groups in total. The number of aromatic nitrogens is 1. The number of benzene rings is 2. The van der Waals surface area contributed by atoms with E-state index in [-0.39, 0.29) is 17.7 Å². The molecule has 3 amide bonds. The molecule has 3 heterocycles. The molecule has 2 aliphatic rings. The summed E-state index contributed by atoms with van der Waals surface area (Å²) in [6, 6.07) is 15.3. The van der Waals surface area contributed by atoms with Gasteiger partial charge in [-0.3, -0.25) is 24.7 Å². The first-order valence-corrected chi connectivity index (χ1v) is 12.6. The molecule has 194 valence electrons. The van der Waals surface area contributed by atoms with Crippen molar-refractivity contribution in [1.82, 2.24) is 19.8 Å². The van der Waals surface area contributed by atoms with Gasteiger partial charge in [0.2, 0.25) is 0 Å². The van der Waals surface area contributed by atoms with Crippen molar-refractivity contribution in [3.05, 3.63) is 70.8 Å². The number of hydrazine groups is 1. The van der Waals surface area contributed by atoms with Crippen LogP contribution in [0.4, 0.5) is 5.82 Å². The molecule has 1 aromatic heterocycles. The molecule has 1 fully saturated rings. The highest BCUT2D eigenvalue weighted by molar-refractivity contribution is 6.33. The fourth-order valence-electron chi connectivity index (χ4n) is 4.90. The predicted octanol–water partition coefficient (Wildman–Crippen LogP) is 1.49. The average molecular weight is 511 g/mol. The molecular formula is C28H30BN5O4. The predicted molar refractivity (Wildman–Crippen MR) is 148 cm³/mol. The number of nitrogens with zero attached hydrogens (tertiary/aromatic N) is 4. The zero-order chi connectivity index (χ0) is 27.0. The first-order valence-electron chi connectivity index (χ1n) is 12.6. The average Bonchev–Trinajstić information content (AvgIpc) is 3.10. The Bertz CT molecular complexity index is 1460. The normalized spacial score (nSPS) is 16.5. The topological polar surface area (TPSA) is 95.1 Å². The maximum Gasteiger partial charge on any atom is 0.275 e. The van der Waals surface area contributed by atoms with Crippen LogP contribution in [0.15, 0.2) is 59.7 Å². The Hall–Kier alpha value is -4.18. The lowest BCUT2D eigenvalue weighted by Gasteiger charge is -2.35. The van der Waals surface area contributed by atoms with Gasteiger partial charge in [-0.05, 0) is 43.7 Å². The summed E-state index contributed by atoms with van der Waals surface area (Å²) >= 11 is 0. The first kappa shape index (κ1) is 25.5. The molecule has 0 radical (unpaired) electrons. The van der Waals surface area contributed by atoms with E-state index in [1.54, 1.807) is 33.1 Å². The fourth-order valence-corrected chi connectivity index (χ4v) is 4.90. The smallest absolute Gasteiger partial charge is 0.275 e. The van der Waals surface area contributed by atoms with Crippen molar-refractivity contribution in [2.24, 2.45) is 0 Å². The Morgan fingerprint density at radius 1 is 1.00 bits per heavy atom. The van der Waals surface area contributed by atoms with E-state index in [1.807, 2.05) is 37.0 Å². The van der Waals surface area contributed by atoms with Crippen LogP contribution in [0.25, 0.3) is 10.9 Å². The number of nitrogens with one attached hydrogen (secondary N) is 1. The molecule has 0 aliphatic carbocycles. The molecule has 2 aliphatic heterocycles. The molecule has 9 nitrogen and oxygen atoms in total. The van der Waals surface area contributed by atoms with Crippen molar-refractivity contribution in [1.29, 1.82) is 0 Å². The van der Waals surface area contributed by atoms with Crippen LogP contribution in [-0.2, 0) is 16.1 Å². The van der Waals surface area contributed by atoms with E-state index in [0.717, 1.165) is 26.9 Å². The van der Waals surface area contributed by atoms with E-state index in [9.17, 15) is 14.4 Å². The van der Waals surface area contributed by atoms with E-state index in [4.69, 9.17) is 9.72 Å². The highest BCUT2D eigenvalue weighted by atomic mass is 16.5. The number of methoxy groups -OCH3 is 1. The Labute approximate surface area is 222 Å². The molecule has 0 spiro atoms. The summed E-state index contributed by atoms with van der Waals surface area (Å²) in [4.78, 5) is 47.1. The zero-order valence-corrected chi connectivity index (χ0v) is 22.1. The SMILES string of the molecule is Bc1ccc2c(CN3CCN(C(=O)c4ccccc4OC)CC3)cc(NN3C(=O)C(C)=C(C)C3=O)nc2c1. The van der Waals surface area contributed by atoms with Crippen molar-refractivity contribution < 1.29 is 19.1 Å². The van der Waals surface area contributed by atoms with Gasteiger partial charge in [0.25, 0.3) is 17.7 Å². The van der Waals surface area contributed by atoms with E-state index < -0.39 is 0 Å². The lowest BCUT2D eigenvalue weighted by atomic mass is 9.94. The van der Waals surface area contributed by atoms with Crippen molar-refractivity contribution in [2.45, 2.75) is 20.4 Å². The summed E-state index contributed by atoms with van der Waals surface area (Å²) in [7, 11) is 3.57. The van der Waals surface area contributed by atoms with Gasteiger partial charge in [0.1, 0.15) is 19.4 Å². The van der Waals surface area contributed by atoms with Crippen LogP contribution < -0.4 is 15.6 Å². The number of hydrogen-bond acceptors (Lipinski definition) is 7. The standard InChI is InChI=1S/C28H30BN5O4/c1-17-18(2)27(36)34(26(17)35)31-25-14-19(21-9-8-20(29)15-23(21)30-25)16-32-10-12-33(13-11-32)28(37)22-6-4-5-7-24(22)38-3/h4-9,14-15H,10-13,16,29H2,1-3H3,(H,30,31). The highest BCUT2D eigenvalue weighted by Gasteiger charge is 2.34. The van der Waals surface area contributed by atoms with Crippen LogP contribution in [0.2, 0.25) is 0 Å². The monoisotopic (exact) mass is 511 g/mol. The molecule has 10 heteroatoms. The number of imide groups is 1. The number of hydrogen-bond donors (Lipinski definition) is 1. The van der Waals surface area contributed by atoms with E-state index in [0.29, 0.717) is 61.0 Å². The Balaban J connectivity index is 1.34. The molecule has 0 saturated carbocycles. The number of fused-ring (bicyclic) bond motifs is 1. The summed E-state index contributed by atoms with van der Waals surface area (Å²) in [6.07, 6.45) is 0. The van der Waals surface area contributed by atoms with E-state index in [2.05, 4.69) is 22.5 Å². The number of piperazine rings is 1. The molecular weight excluding hydrogens is 481 g/mol. The molecule has 3 aromatic rings. The minimum atomic E-state index is -0.365. The maximum absolute atomic E-state index is 13.1. The second-order valence-electron chi connectivity index (χ2n) is 9.76. The maximum atomic E-state index is 13.1. The van der Waals surface area contributed by atoms with Crippen LogP contribution in [0.3, 0.4) is 0 Å². The summed E-state index contributed by atoms with van der Waals surface area (Å²) in [6.45, 7) is 6.58.